The van der Waals surface area contributed by atoms with Gasteiger partial charge in [0.05, 0.1) is 11.7 Å². The molecule has 2 rings (SSSR count). The second-order valence-corrected chi connectivity index (χ2v) is 5.48. The SMILES string of the molecule is CCCc1c(C(=O)O)nnn1C1CCCC(CC)C1. The van der Waals surface area contributed by atoms with Crippen molar-refractivity contribution in [3.8, 4) is 0 Å². The van der Waals surface area contributed by atoms with Gasteiger partial charge in [0.25, 0.3) is 0 Å². The predicted molar refractivity (Wildman–Crippen MR) is 72.3 cm³/mol. The van der Waals surface area contributed by atoms with E-state index in [2.05, 4.69) is 24.2 Å². The quantitative estimate of drug-likeness (QED) is 0.888. The Morgan fingerprint density at radius 1 is 1.42 bits per heavy atom. The van der Waals surface area contributed by atoms with Gasteiger partial charge in [0.2, 0.25) is 0 Å². The maximum Gasteiger partial charge on any atom is 0.358 e. The summed E-state index contributed by atoms with van der Waals surface area (Å²) in [5, 5.41) is 17.2. The smallest absolute Gasteiger partial charge is 0.358 e. The van der Waals surface area contributed by atoms with Gasteiger partial charge in [0, 0.05) is 0 Å². The van der Waals surface area contributed by atoms with Crippen molar-refractivity contribution in [2.24, 2.45) is 5.92 Å². The van der Waals surface area contributed by atoms with E-state index in [9.17, 15) is 9.90 Å². The van der Waals surface area contributed by atoms with Gasteiger partial charge in [-0.15, -0.1) is 5.10 Å². The van der Waals surface area contributed by atoms with Gasteiger partial charge in [-0.25, -0.2) is 9.48 Å². The Labute approximate surface area is 114 Å². The van der Waals surface area contributed by atoms with Crippen LogP contribution in [0.15, 0.2) is 0 Å². The van der Waals surface area contributed by atoms with Gasteiger partial charge in [-0.2, -0.15) is 0 Å². The Morgan fingerprint density at radius 2 is 2.21 bits per heavy atom. The molecule has 0 spiro atoms. The highest BCUT2D eigenvalue weighted by molar-refractivity contribution is 5.86. The molecule has 1 aliphatic rings. The van der Waals surface area contributed by atoms with Crippen LogP contribution in [0, 0.1) is 5.92 Å². The average Bonchev–Trinajstić information content (AvgIpc) is 2.83. The molecule has 1 saturated carbocycles. The fourth-order valence-electron chi connectivity index (χ4n) is 3.10. The van der Waals surface area contributed by atoms with Crippen LogP contribution in [0.2, 0.25) is 0 Å². The summed E-state index contributed by atoms with van der Waals surface area (Å²) < 4.78 is 1.90. The van der Waals surface area contributed by atoms with Crippen molar-refractivity contribution in [2.45, 2.75) is 64.8 Å². The molecule has 0 radical (unpaired) electrons. The highest BCUT2D eigenvalue weighted by Gasteiger charge is 2.27. The fraction of sp³-hybridized carbons (Fsp3) is 0.786. The Hall–Kier alpha value is -1.39. The first kappa shape index (κ1) is 14.0. The minimum absolute atomic E-state index is 0.139. The molecule has 1 heterocycles. The Morgan fingerprint density at radius 3 is 2.84 bits per heavy atom. The Balaban J connectivity index is 2.25. The molecule has 2 unspecified atom stereocenters. The van der Waals surface area contributed by atoms with Crippen LogP contribution in [-0.4, -0.2) is 26.1 Å². The monoisotopic (exact) mass is 265 g/mol. The van der Waals surface area contributed by atoms with Gasteiger partial charge in [-0.3, -0.25) is 0 Å². The zero-order chi connectivity index (χ0) is 13.8. The number of rotatable bonds is 5. The van der Waals surface area contributed by atoms with Crippen molar-refractivity contribution >= 4 is 5.97 Å². The molecule has 1 N–H and O–H groups in total. The van der Waals surface area contributed by atoms with Crippen LogP contribution < -0.4 is 0 Å². The van der Waals surface area contributed by atoms with E-state index in [-0.39, 0.29) is 5.69 Å². The molecule has 5 nitrogen and oxygen atoms in total. The van der Waals surface area contributed by atoms with Crippen molar-refractivity contribution in [1.82, 2.24) is 15.0 Å². The van der Waals surface area contributed by atoms with E-state index in [1.165, 1.54) is 19.3 Å². The molecule has 1 aliphatic carbocycles. The highest BCUT2D eigenvalue weighted by Crippen LogP contribution is 2.34. The topological polar surface area (TPSA) is 68.0 Å². The van der Waals surface area contributed by atoms with Crippen LogP contribution in [-0.2, 0) is 6.42 Å². The lowest BCUT2D eigenvalue weighted by atomic mass is 9.84. The number of aromatic carboxylic acids is 1. The van der Waals surface area contributed by atoms with Gasteiger partial charge < -0.3 is 5.11 Å². The molecule has 1 aromatic rings. The van der Waals surface area contributed by atoms with E-state index < -0.39 is 5.97 Å². The van der Waals surface area contributed by atoms with Crippen LogP contribution in [0.4, 0.5) is 0 Å². The van der Waals surface area contributed by atoms with Crippen molar-refractivity contribution in [3.05, 3.63) is 11.4 Å². The summed E-state index contributed by atoms with van der Waals surface area (Å²) in [7, 11) is 0. The number of hydrogen-bond donors (Lipinski definition) is 1. The largest absolute Gasteiger partial charge is 0.476 e. The molecular weight excluding hydrogens is 242 g/mol. The maximum absolute atomic E-state index is 11.2. The lowest BCUT2D eigenvalue weighted by Crippen LogP contribution is -2.22. The van der Waals surface area contributed by atoms with Gasteiger partial charge >= 0.3 is 5.97 Å². The summed E-state index contributed by atoms with van der Waals surface area (Å²) in [5.74, 6) is -0.219. The molecule has 1 aromatic heterocycles. The maximum atomic E-state index is 11.2. The first-order chi connectivity index (χ1) is 9.17. The van der Waals surface area contributed by atoms with E-state index in [4.69, 9.17) is 0 Å². The van der Waals surface area contributed by atoms with Gasteiger partial charge in [-0.1, -0.05) is 44.7 Å². The normalized spacial score (nSPS) is 23.5. The van der Waals surface area contributed by atoms with E-state index in [1.807, 2.05) is 4.68 Å². The molecule has 5 heteroatoms. The minimum atomic E-state index is -0.961. The van der Waals surface area contributed by atoms with Crippen molar-refractivity contribution in [1.29, 1.82) is 0 Å². The Kier molecular flexibility index (Phi) is 4.56. The average molecular weight is 265 g/mol. The van der Waals surface area contributed by atoms with E-state index >= 15 is 0 Å². The third kappa shape index (κ3) is 2.96. The molecule has 0 saturated heterocycles. The third-order valence-electron chi connectivity index (χ3n) is 4.16. The van der Waals surface area contributed by atoms with E-state index in [1.54, 1.807) is 0 Å². The van der Waals surface area contributed by atoms with Gasteiger partial charge in [0.1, 0.15) is 0 Å². The molecule has 106 valence electrons. The summed E-state index contributed by atoms with van der Waals surface area (Å²) in [6, 6.07) is 0.334. The zero-order valence-electron chi connectivity index (χ0n) is 11.8. The predicted octanol–water partition coefficient (Wildman–Crippen LogP) is 3.07. The van der Waals surface area contributed by atoms with Crippen LogP contribution in [0.25, 0.3) is 0 Å². The molecular formula is C14H23N3O2. The molecule has 19 heavy (non-hydrogen) atoms. The molecule has 0 aliphatic heterocycles. The second kappa shape index (κ2) is 6.17. The minimum Gasteiger partial charge on any atom is -0.476 e. The number of hydrogen-bond acceptors (Lipinski definition) is 3. The number of carboxylic acids is 1. The first-order valence-electron chi connectivity index (χ1n) is 7.34. The highest BCUT2D eigenvalue weighted by atomic mass is 16.4. The summed E-state index contributed by atoms with van der Waals surface area (Å²) in [6.07, 6.45) is 7.54. The number of carbonyl (C=O) groups is 1. The number of aromatic nitrogens is 3. The van der Waals surface area contributed by atoms with Crippen LogP contribution in [0.5, 0.6) is 0 Å². The number of nitrogens with zero attached hydrogens (tertiary/aromatic N) is 3. The summed E-state index contributed by atoms with van der Waals surface area (Å²) in [4.78, 5) is 11.2. The summed E-state index contributed by atoms with van der Waals surface area (Å²) >= 11 is 0. The molecule has 2 atom stereocenters. The first-order valence-corrected chi connectivity index (χ1v) is 7.34. The number of carboxylic acid groups (broad SMARTS) is 1. The molecule has 0 aromatic carbocycles. The summed E-state index contributed by atoms with van der Waals surface area (Å²) in [6.45, 7) is 4.28. The lowest BCUT2D eigenvalue weighted by Gasteiger charge is -2.29. The lowest BCUT2D eigenvalue weighted by molar-refractivity contribution is 0.0689. The van der Waals surface area contributed by atoms with E-state index in [0.717, 1.165) is 37.3 Å². The summed E-state index contributed by atoms with van der Waals surface area (Å²) in [5.41, 5.74) is 0.942. The van der Waals surface area contributed by atoms with Crippen molar-refractivity contribution in [2.75, 3.05) is 0 Å². The molecule has 1 fully saturated rings. The third-order valence-corrected chi connectivity index (χ3v) is 4.16. The molecule has 0 bridgehead atoms. The standard InChI is InChI=1S/C14H23N3O2/c1-3-6-12-13(14(18)19)15-16-17(12)11-8-5-7-10(4-2)9-11/h10-11H,3-9H2,1-2H3,(H,18,19). The van der Waals surface area contributed by atoms with Crippen molar-refractivity contribution in [3.63, 3.8) is 0 Å². The Bertz CT molecular complexity index is 442. The fourth-order valence-corrected chi connectivity index (χ4v) is 3.10. The molecule has 0 amide bonds. The van der Waals surface area contributed by atoms with Crippen molar-refractivity contribution < 1.29 is 9.90 Å². The second-order valence-electron chi connectivity index (χ2n) is 5.48. The van der Waals surface area contributed by atoms with Gasteiger partial charge in [0.15, 0.2) is 5.69 Å². The van der Waals surface area contributed by atoms with E-state index in [0.29, 0.717) is 6.04 Å². The van der Waals surface area contributed by atoms with Crippen LogP contribution >= 0.6 is 0 Å². The zero-order valence-corrected chi connectivity index (χ0v) is 11.8. The van der Waals surface area contributed by atoms with Crippen LogP contribution in [0.1, 0.15) is 74.6 Å². The van der Waals surface area contributed by atoms with Gasteiger partial charge in [-0.05, 0) is 25.2 Å². The van der Waals surface area contributed by atoms with Crippen LogP contribution in [0.3, 0.4) is 0 Å².